The smallest absolute Gasteiger partial charge is 0.317 e. The van der Waals surface area contributed by atoms with Gasteiger partial charge in [0.25, 0.3) is 0 Å². The normalized spacial score (nSPS) is 10.1. The van der Waals surface area contributed by atoms with Crippen LogP contribution < -0.4 is 5.32 Å². The maximum atomic E-state index is 10.2. The van der Waals surface area contributed by atoms with Gasteiger partial charge < -0.3 is 10.4 Å². The highest BCUT2D eigenvalue weighted by Gasteiger charge is 1.96. The molecule has 0 saturated carbocycles. The molecule has 0 aliphatic heterocycles. The van der Waals surface area contributed by atoms with Gasteiger partial charge in [-0.2, -0.15) is 0 Å². The minimum absolute atomic E-state index is 0.00425. The molecule has 0 atom stereocenters. The van der Waals surface area contributed by atoms with E-state index in [9.17, 15) is 4.79 Å². The molecule has 14 heavy (non-hydrogen) atoms. The van der Waals surface area contributed by atoms with Crippen LogP contribution in [0.25, 0.3) is 0 Å². The van der Waals surface area contributed by atoms with Crippen LogP contribution in [0.15, 0.2) is 29.2 Å². The van der Waals surface area contributed by atoms with Gasteiger partial charge in [-0.05, 0) is 24.0 Å². The number of hydrogen-bond acceptors (Lipinski definition) is 3. The summed E-state index contributed by atoms with van der Waals surface area (Å²) < 4.78 is 0. The zero-order valence-electron chi connectivity index (χ0n) is 7.99. The monoisotopic (exact) mass is 211 g/mol. The number of carboxylic acid groups (broad SMARTS) is 1. The Morgan fingerprint density at radius 2 is 2.07 bits per heavy atom. The highest BCUT2D eigenvalue weighted by molar-refractivity contribution is 7.98. The van der Waals surface area contributed by atoms with E-state index >= 15 is 0 Å². The summed E-state index contributed by atoms with van der Waals surface area (Å²) in [6.07, 6.45) is 2.03. The van der Waals surface area contributed by atoms with Gasteiger partial charge in [0.1, 0.15) is 0 Å². The Labute approximate surface area is 87.5 Å². The third-order valence-electron chi connectivity index (χ3n) is 1.76. The van der Waals surface area contributed by atoms with Crippen molar-refractivity contribution >= 4 is 17.7 Å². The van der Waals surface area contributed by atoms with Gasteiger partial charge >= 0.3 is 5.97 Å². The van der Waals surface area contributed by atoms with Crippen molar-refractivity contribution in [1.82, 2.24) is 5.32 Å². The molecule has 0 radical (unpaired) electrons. The molecule has 0 fully saturated rings. The van der Waals surface area contributed by atoms with Crippen LogP contribution in [0.1, 0.15) is 5.56 Å². The van der Waals surface area contributed by atoms with Crippen LogP contribution in [0.5, 0.6) is 0 Å². The molecule has 4 heteroatoms. The van der Waals surface area contributed by atoms with Crippen LogP contribution >= 0.6 is 11.8 Å². The van der Waals surface area contributed by atoms with Crippen molar-refractivity contribution in [1.29, 1.82) is 0 Å². The van der Waals surface area contributed by atoms with Crippen LogP contribution in [0.2, 0.25) is 0 Å². The summed E-state index contributed by atoms with van der Waals surface area (Å²) >= 11 is 1.69. The van der Waals surface area contributed by atoms with Crippen molar-refractivity contribution in [2.24, 2.45) is 0 Å². The Morgan fingerprint density at radius 1 is 1.43 bits per heavy atom. The summed E-state index contributed by atoms with van der Waals surface area (Å²) in [5.74, 6) is -0.828. The van der Waals surface area contributed by atoms with Crippen molar-refractivity contribution in [3.05, 3.63) is 29.8 Å². The molecule has 1 aromatic carbocycles. The molecule has 0 bridgehead atoms. The van der Waals surface area contributed by atoms with E-state index in [-0.39, 0.29) is 6.54 Å². The zero-order valence-corrected chi connectivity index (χ0v) is 8.80. The lowest BCUT2D eigenvalue weighted by atomic mass is 10.2. The lowest BCUT2D eigenvalue weighted by Crippen LogP contribution is -2.21. The molecule has 2 N–H and O–H groups in total. The van der Waals surface area contributed by atoms with Crippen molar-refractivity contribution < 1.29 is 9.90 Å². The minimum atomic E-state index is -0.828. The molecule has 0 aliphatic carbocycles. The fourth-order valence-corrected chi connectivity index (χ4v) is 1.47. The highest BCUT2D eigenvalue weighted by Crippen LogP contribution is 2.14. The van der Waals surface area contributed by atoms with Crippen LogP contribution in [0.3, 0.4) is 0 Å². The SMILES string of the molecule is CSc1ccc(CNCC(=O)O)cc1. The van der Waals surface area contributed by atoms with Crippen molar-refractivity contribution in [3.63, 3.8) is 0 Å². The van der Waals surface area contributed by atoms with Crippen molar-refractivity contribution in [2.45, 2.75) is 11.4 Å². The van der Waals surface area contributed by atoms with E-state index in [0.29, 0.717) is 6.54 Å². The van der Waals surface area contributed by atoms with E-state index in [4.69, 9.17) is 5.11 Å². The van der Waals surface area contributed by atoms with Gasteiger partial charge in [0.05, 0.1) is 6.54 Å². The maximum Gasteiger partial charge on any atom is 0.317 e. The van der Waals surface area contributed by atoms with Crippen LogP contribution in [-0.2, 0) is 11.3 Å². The number of carbonyl (C=O) groups is 1. The summed E-state index contributed by atoms with van der Waals surface area (Å²) in [5.41, 5.74) is 1.10. The Morgan fingerprint density at radius 3 is 2.57 bits per heavy atom. The van der Waals surface area contributed by atoms with E-state index in [2.05, 4.69) is 5.32 Å². The Bertz CT molecular complexity index is 297. The Balaban J connectivity index is 2.40. The molecule has 1 aromatic rings. The van der Waals surface area contributed by atoms with E-state index in [1.165, 1.54) is 4.90 Å². The highest BCUT2D eigenvalue weighted by atomic mass is 32.2. The average molecular weight is 211 g/mol. The molecule has 0 aromatic heterocycles. The third kappa shape index (κ3) is 3.81. The zero-order chi connectivity index (χ0) is 10.4. The first-order valence-corrected chi connectivity index (χ1v) is 5.50. The predicted molar refractivity (Wildman–Crippen MR) is 57.6 cm³/mol. The molecule has 0 heterocycles. The number of rotatable bonds is 5. The van der Waals surface area contributed by atoms with E-state index in [1.54, 1.807) is 11.8 Å². The number of thioether (sulfide) groups is 1. The number of benzene rings is 1. The maximum absolute atomic E-state index is 10.2. The first-order valence-electron chi connectivity index (χ1n) is 4.28. The third-order valence-corrected chi connectivity index (χ3v) is 2.51. The van der Waals surface area contributed by atoms with E-state index in [0.717, 1.165) is 5.56 Å². The van der Waals surface area contributed by atoms with Gasteiger partial charge in [0, 0.05) is 11.4 Å². The largest absolute Gasteiger partial charge is 0.480 e. The molecule has 0 unspecified atom stereocenters. The Hall–Kier alpha value is -1.00. The van der Waals surface area contributed by atoms with Gasteiger partial charge in [0.15, 0.2) is 0 Å². The average Bonchev–Trinajstić information content (AvgIpc) is 2.18. The molecule has 0 amide bonds. The van der Waals surface area contributed by atoms with Gasteiger partial charge in [-0.25, -0.2) is 0 Å². The van der Waals surface area contributed by atoms with Crippen molar-refractivity contribution in [3.8, 4) is 0 Å². The number of carboxylic acids is 1. The summed E-state index contributed by atoms with van der Waals surface area (Å²) in [7, 11) is 0. The van der Waals surface area contributed by atoms with E-state index < -0.39 is 5.97 Å². The fourth-order valence-electron chi connectivity index (χ4n) is 1.06. The lowest BCUT2D eigenvalue weighted by Gasteiger charge is -2.02. The molecule has 0 spiro atoms. The predicted octanol–water partition coefficient (Wildman–Crippen LogP) is 1.58. The summed E-state index contributed by atoms with van der Waals surface area (Å²) in [6.45, 7) is 0.602. The standard InChI is InChI=1S/C10H13NO2S/c1-14-9-4-2-8(3-5-9)6-11-7-10(12)13/h2-5,11H,6-7H2,1H3,(H,12,13). The van der Waals surface area contributed by atoms with E-state index in [1.807, 2.05) is 30.5 Å². The molecule has 3 nitrogen and oxygen atoms in total. The molecule has 0 aliphatic rings. The van der Waals surface area contributed by atoms with Crippen molar-refractivity contribution in [2.75, 3.05) is 12.8 Å². The van der Waals surface area contributed by atoms with Gasteiger partial charge in [-0.15, -0.1) is 11.8 Å². The molecule has 76 valence electrons. The summed E-state index contributed by atoms with van der Waals surface area (Å²) in [6, 6.07) is 8.06. The molecular formula is C10H13NO2S. The first-order chi connectivity index (χ1) is 6.72. The molecule has 0 saturated heterocycles. The summed E-state index contributed by atoms with van der Waals surface area (Å²) in [4.78, 5) is 11.4. The van der Waals surface area contributed by atoms with Gasteiger partial charge in [-0.1, -0.05) is 12.1 Å². The van der Waals surface area contributed by atoms with Crippen LogP contribution in [0, 0.1) is 0 Å². The quantitative estimate of drug-likeness (QED) is 0.726. The van der Waals surface area contributed by atoms with Gasteiger partial charge in [0.2, 0.25) is 0 Å². The number of nitrogens with one attached hydrogen (secondary N) is 1. The second kappa shape index (κ2) is 5.67. The second-order valence-corrected chi connectivity index (χ2v) is 3.73. The molecule has 1 rings (SSSR count). The number of hydrogen-bond donors (Lipinski definition) is 2. The molecular weight excluding hydrogens is 198 g/mol. The second-order valence-electron chi connectivity index (χ2n) is 2.85. The fraction of sp³-hybridized carbons (Fsp3) is 0.300. The minimum Gasteiger partial charge on any atom is -0.480 e. The van der Waals surface area contributed by atoms with Gasteiger partial charge in [-0.3, -0.25) is 4.79 Å². The number of aliphatic carboxylic acids is 1. The lowest BCUT2D eigenvalue weighted by molar-refractivity contribution is -0.135. The topological polar surface area (TPSA) is 49.3 Å². The first kappa shape index (κ1) is 11.1. The summed E-state index contributed by atoms with van der Waals surface area (Å²) in [5, 5.41) is 11.2. The van der Waals surface area contributed by atoms with Crippen LogP contribution in [0.4, 0.5) is 0 Å². The van der Waals surface area contributed by atoms with Crippen LogP contribution in [-0.4, -0.2) is 23.9 Å². The Kier molecular flexibility index (Phi) is 4.49.